The Morgan fingerprint density at radius 1 is 0.385 bits per heavy atom. The Labute approximate surface area is 259 Å². The third-order valence-corrected chi connectivity index (χ3v) is 2.05. The van der Waals surface area contributed by atoms with Crippen LogP contribution in [-0.4, -0.2) is 27.7 Å². The molecule has 0 aliphatic carbocycles. The molecule has 218 valence electrons. The molecule has 0 aromatic carbocycles. The van der Waals surface area contributed by atoms with Gasteiger partial charge in [0.25, 0.3) is 0 Å². The van der Waals surface area contributed by atoms with E-state index in [2.05, 4.69) is 30.1 Å². The fourth-order valence-electron chi connectivity index (χ4n) is 0. The van der Waals surface area contributed by atoms with Crippen molar-refractivity contribution in [2.45, 2.75) is 152 Å². The maximum atomic E-state index is 6.60. The van der Waals surface area contributed by atoms with Crippen LogP contribution in [0.2, 0.25) is 0 Å². The van der Waals surface area contributed by atoms with Crippen LogP contribution in [0.25, 0.3) is 24.2 Å². The summed E-state index contributed by atoms with van der Waals surface area (Å²) in [5, 5.41) is 6.25. The molecule has 0 amide bonds. The smallest absolute Gasteiger partial charge is 0.693 e. The minimum absolute atomic E-state index is 0. The van der Waals surface area contributed by atoms with Crippen LogP contribution in [0.1, 0.15) is 125 Å². The predicted octanol–water partition coefficient (Wildman–Crippen LogP) is 10.2. The van der Waals surface area contributed by atoms with Crippen molar-refractivity contribution in [2.24, 2.45) is 5.41 Å². The van der Waals surface area contributed by atoms with Gasteiger partial charge in [0.2, 0.25) is 27.7 Å². The molecule has 0 fully saturated rings. The van der Waals surface area contributed by atoms with E-state index in [9.17, 15) is 0 Å². The number of rotatable bonds is 0. The zero-order valence-corrected chi connectivity index (χ0v) is 30.1. The molecular weight excluding hydrogens is 564 g/mol. The van der Waals surface area contributed by atoms with Crippen LogP contribution < -0.4 is 0 Å². The van der Waals surface area contributed by atoms with Gasteiger partial charge in [-0.2, -0.15) is 0 Å². The molecule has 0 aliphatic heterocycles. The van der Waals surface area contributed by atoms with Gasteiger partial charge >= 0.3 is 21.1 Å². The summed E-state index contributed by atoms with van der Waals surface area (Å²) in [6, 6.07) is 0. The number of hydrogen-bond donors (Lipinski definition) is 0. The van der Waals surface area contributed by atoms with Crippen molar-refractivity contribution in [3.63, 3.8) is 0 Å². The van der Waals surface area contributed by atoms with Crippen LogP contribution in [0, 0.1) is 62.5 Å². The van der Waals surface area contributed by atoms with Gasteiger partial charge in [0.05, 0.1) is 0 Å². The Balaban J connectivity index is -0.0000000484. The van der Waals surface area contributed by atoms with Crippen LogP contribution in [0.15, 0.2) is 0 Å². The van der Waals surface area contributed by atoms with E-state index >= 15 is 0 Å². The zero-order chi connectivity index (χ0) is 33.2. The van der Waals surface area contributed by atoms with E-state index in [-0.39, 0.29) is 54.2 Å². The molecule has 0 bridgehead atoms. The van der Waals surface area contributed by atoms with E-state index in [1.54, 1.807) is 0 Å². The van der Waals surface area contributed by atoms with Crippen molar-refractivity contribution in [1.82, 2.24) is 0 Å². The molecule has 6 nitrogen and oxygen atoms in total. The topological polar surface area (TPSA) is 45.6 Å². The molecule has 0 N–H and O–H groups in total. The van der Waals surface area contributed by atoms with Crippen molar-refractivity contribution in [3.8, 4) is 5.92 Å². The number of hydrogen-bond acceptors (Lipinski definition) is 1. The first-order valence-corrected chi connectivity index (χ1v) is 12.0. The van der Waals surface area contributed by atoms with Crippen LogP contribution >= 0.6 is 0 Å². The van der Waals surface area contributed by atoms with Crippen molar-refractivity contribution in [3.05, 3.63) is 70.1 Å². The summed E-state index contributed by atoms with van der Waals surface area (Å²) >= 11 is 0. The second-order valence-corrected chi connectivity index (χ2v) is 13.8. The van der Waals surface area contributed by atoms with E-state index in [1.165, 1.54) is 0 Å². The van der Waals surface area contributed by atoms with Gasteiger partial charge in [0, 0.05) is 104 Å². The van der Waals surface area contributed by atoms with Gasteiger partial charge in [-0.05, 0) is 5.41 Å². The Morgan fingerprint density at radius 2 is 0.436 bits per heavy atom. The largest absolute Gasteiger partial charge is 2.00 e. The minimum atomic E-state index is -0.167. The van der Waals surface area contributed by atoms with E-state index < -0.39 is 0 Å². The van der Waals surface area contributed by atoms with Crippen LogP contribution in [0.5, 0.6) is 0 Å². The summed E-state index contributed by atoms with van der Waals surface area (Å²) in [6.07, 6.45) is 6.60. The summed E-state index contributed by atoms with van der Waals surface area (Å²) in [5.74, 6) is 2.35. The fraction of sp³-hybridized carbons (Fsp3) is 0.750. The van der Waals surface area contributed by atoms with E-state index in [4.69, 9.17) is 51.1 Å². The van der Waals surface area contributed by atoms with Crippen LogP contribution in [-0.2, 0) is 21.1 Å². The van der Waals surface area contributed by atoms with Gasteiger partial charge < -0.3 is 48.4 Å². The first-order valence-electron chi connectivity index (χ1n) is 12.0. The number of nitrogens with zero attached hydrogens (tertiary/aromatic N) is 6. The second-order valence-electron chi connectivity index (χ2n) is 13.8. The van der Waals surface area contributed by atoms with E-state index in [1.807, 2.05) is 125 Å². The maximum Gasteiger partial charge on any atom is 2.00 e. The standard InChI is InChI=1S/C6H9.5C5H9N.CN.Mo/c1-5-6(2,3)4;5*1-5(2,3)6-4;1-2;/h2-4H3;5*1-3H3;;/q-1;;;;;;-1;+2. The SMILES string of the molecule is [C-]#CC(C)(C)C.[C-]#N.[C-]#[N+]C(C)(C)C.[C-]#[N+]C(C)(C)C.[C-]#[N+]C(C)(C)C.[C-]#[N+]C(C)(C)C.[C-]#[N+]C(C)(C)C.[Mo+2]. The molecule has 39 heavy (non-hydrogen) atoms. The Hall–Kier alpha value is -2.81. The van der Waals surface area contributed by atoms with Gasteiger partial charge in [-0.25, -0.2) is 32.9 Å². The molecule has 7 heteroatoms. The molecule has 0 aromatic rings. The summed E-state index contributed by atoms with van der Waals surface area (Å²) < 4.78 is 0. The average molecular weight is 619 g/mol. The minimum Gasteiger partial charge on any atom is -0.693 e. The third-order valence-electron chi connectivity index (χ3n) is 2.05. The molecule has 0 heterocycles. The molecule has 0 aromatic heterocycles. The summed E-state index contributed by atoms with van der Waals surface area (Å²) in [4.78, 5) is 16.4. The van der Waals surface area contributed by atoms with Crippen molar-refractivity contribution >= 4 is 0 Å². The monoisotopic (exact) mass is 620 g/mol. The molecule has 0 aliphatic rings. The van der Waals surface area contributed by atoms with Crippen molar-refractivity contribution < 1.29 is 21.1 Å². The molecule has 0 radical (unpaired) electrons. The maximum absolute atomic E-state index is 6.60. The molecule has 0 unspecified atom stereocenters. The Kier molecular flexibility index (Phi) is 38.7. The third kappa shape index (κ3) is 168. The molecular formula is C32H54MoN6. The summed E-state index contributed by atoms with van der Waals surface area (Å²) in [7, 11) is 0. The molecule has 0 spiro atoms. The molecule has 0 rings (SSSR count). The van der Waals surface area contributed by atoms with E-state index in [0.717, 1.165) is 0 Å². The summed E-state index contributed by atoms with van der Waals surface area (Å²) in [5.41, 5.74) is -0.875. The molecule has 0 atom stereocenters. The molecule has 0 saturated carbocycles. The Bertz CT molecular complexity index is 660. The fourth-order valence-corrected chi connectivity index (χ4v) is 0. The quantitative estimate of drug-likeness (QED) is 0.151. The second kappa shape index (κ2) is 26.8. The van der Waals surface area contributed by atoms with Crippen molar-refractivity contribution in [2.75, 3.05) is 0 Å². The summed E-state index contributed by atoms with van der Waals surface area (Å²) in [6.45, 7) is 71.3. The van der Waals surface area contributed by atoms with Gasteiger partial charge in [-0.1, -0.05) is 20.8 Å². The van der Waals surface area contributed by atoms with E-state index in [0.29, 0.717) is 0 Å². The van der Waals surface area contributed by atoms with Gasteiger partial charge in [-0.15, -0.1) is 0 Å². The first-order chi connectivity index (χ1) is 16.4. The average Bonchev–Trinajstić information content (AvgIpc) is 2.74. The first kappa shape index (κ1) is 56.4. The van der Waals surface area contributed by atoms with Gasteiger partial charge in [-0.3, -0.25) is 0 Å². The predicted molar refractivity (Wildman–Crippen MR) is 163 cm³/mol. The molecule has 0 saturated heterocycles. The van der Waals surface area contributed by atoms with Crippen molar-refractivity contribution in [1.29, 1.82) is 5.26 Å². The zero-order valence-electron chi connectivity index (χ0n) is 28.1. The van der Waals surface area contributed by atoms with Crippen LogP contribution in [0.4, 0.5) is 0 Å². The normalized spacial score (nSPS) is 9.59. The van der Waals surface area contributed by atoms with Gasteiger partial charge in [0.1, 0.15) is 0 Å². The van der Waals surface area contributed by atoms with Crippen LogP contribution in [0.3, 0.4) is 0 Å². The Morgan fingerprint density at radius 3 is 0.436 bits per heavy atom. The van der Waals surface area contributed by atoms with Gasteiger partial charge in [0.15, 0.2) is 0 Å².